The van der Waals surface area contributed by atoms with Gasteiger partial charge in [-0.25, -0.2) is 0 Å². The van der Waals surface area contributed by atoms with Gasteiger partial charge in [-0.3, -0.25) is 4.99 Å². The van der Waals surface area contributed by atoms with Gasteiger partial charge in [-0.2, -0.15) is 0 Å². The van der Waals surface area contributed by atoms with Gasteiger partial charge in [0.2, 0.25) is 0 Å². The van der Waals surface area contributed by atoms with E-state index in [2.05, 4.69) is 35.8 Å². The number of unbranched alkanes of at least 4 members (excludes halogenated alkanes) is 1. The highest BCUT2D eigenvalue weighted by Crippen LogP contribution is 2.11. The molecule has 25 heavy (non-hydrogen) atoms. The van der Waals surface area contributed by atoms with Crippen LogP contribution in [0.5, 0.6) is 5.75 Å². The van der Waals surface area contributed by atoms with Crippen molar-refractivity contribution in [2.45, 2.75) is 32.8 Å². The first-order chi connectivity index (χ1) is 12.2. The zero-order valence-electron chi connectivity index (χ0n) is 16.0. The van der Waals surface area contributed by atoms with E-state index in [9.17, 15) is 0 Å². The summed E-state index contributed by atoms with van der Waals surface area (Å²) in [6.45, 7) is 9.79. The number of methoxy groups -OCH3 is 1. The molecule has 1 aromatic carbocycles. The van der Waals surface area contributed by atoms with Crippen LogP contribution in [0.3, 0.4) is 0 Å². The first-order valence-electron chi connectivity index (χ1n) is 9.02. The molecule has 0 spiro atoms. The van der Waals surface area contributed by atoms with Gasteiger partial charge in [0, 0.05) is 33.3 Å². The summed E-state index contributed by atoms with van der Waals surface area (Å²) in [6.07, 6.45) is 4.99. The Kier molecular flexibility index (Phi) is 11.2. The van der Waals surface area contributed by atoms with E-state index in [4.69, 9.17) is 9.47 Å². The third-order valence-electron chi connectivity index (χ3n) is 3.73. The van der Waals surface area contributed by atoms with Gasteiger partial charge in [0.1, 0.15) is 5.75 Å². The van der Waals surface area contributed by atoms with Gasteiger partial charge in [-0.15, -0.1) is 6.58 Å². The maximum Gasteiger partial charge on any atom is 0.193 e. The van der Waals surface area contributed by atoms with Gasteiger partial charge in [0.05, 0.1) is 13.7 Å². The third-order valence-corrected chi connectivity index (χ3v) is 3.73. The molecule has 0 aliphatic heterocycles. The lowest BCUT2D eigenvalue weighted by molar-refractivity contribution is 0.120. The first kappa shape index (κ1) is 21.0. The van der Waals surface area contributed by atoms with Gasteiger partial charge in [-0.1, -0.05) is 18.2 Å². The molecular formula is C20H33N3O2. The summed E-state index contributed by atoms with van der Waals surface area (Å²) < 4.78 is 10.9. The van der Waals surface area contributed by atoms with Crippen LogP contribution in [0, 0.1) is 0 Å². The fraction of sp³-hybridized carbons (Fsp3) is 0.550. The maximum absolute atomic E-state index is 5.72. The van der Waals surface area contributed by atoms with Crippen molar-refractivity contribution < 1.29 is 9.47 Å². The molecule has 0 radical (unpaired) electrons. The predicted molar refractivity (Wildman–Crippen MR) is 105 cm³/mol. The van der Waals surface area contributed by atoms with Gasteiger partial charge in [-0.05, 0) is 43.9 Å². The zero-order chi connectivity index (χ0) is 18.3. The number of ether oxygens (including phenoxy) is 2. The Morgan fingerprint density at radius 3 is 2.68 bits per heavy atom. The Bertz CT molecular complexity index is 500. The number of benzene rings is 1. The quantitative estimate of drug-likeness (QED) is 0.272. The fourth-order valence-electron chi connectivity index (χ4n) is 2.31. The summed E-state index contributed by atoms with van der Waals surface area (Å²) in [5, 5.41) is 3.33. The van der Waals surface area contributed by atoms with E-state index in [0.717, 1.165) is 56.2 Å². The minimum Gasteiger partial charge on any atom is -0.497 e. The monoisotopic (exact) mass is 347 g/mol. The highest BCUT2D eigenvalue weighted by molar-refractivity contribution is 5.79. The molecule has 0 aliphatic carbocycles. The second-order valence-corrected chi connectivity index (χ2v) is 5.84. The van der Waals surface area contributed by atoms with Gasteiger partial charge in [0.15, 0.2) is 5.96 Å². The maximum atomic E-state index is 5.72. The number of nitrogens with one attached hydrogen (secondary N) is 1. The summed E-state index contributed by atoms with van der Waals surface area (Å²) in [5.41, 5.74) is 1.15. The molecule has 140 valence electrons. The van der Waals surface area contributed by atoms with Crippen LogP contribution in [0.25, 0.3) is 0 Å². The normalized spacial score (nSPS) is 11.2. The van der Waals surface area contributed by atoms with Gasteiger partial charge < -0.3 is 19.7 Å². The Morgan fingerprint density at radius 1 is 1.28 bits per heavy atom. The van der Waals surface area contributed by atoms with E-state index in [1.165, 1.54) is 0 Å². The lowest BCUT2D eigenvalue weighted by atomic mass is 10.2. The highest BCUT2D eigenvalue weighted by atomic mass is 16.5. The lowest BCUT2D eigenvalue weighted by Gasteiger charge is -2.21. The molecule has 1 N–H and O–H groups in total. The summed E-state index contributed by atoms with van der Waals surface area (Å²) >= 11 is 0. The number of aliphatic imine (C=N–C) groups is 1. The molecule has 0 aromatic heterocycles. The molecule has 0 atom stereocenters. The number of allylic oxidation sites excluding steroid dienone is 1. The topological polar surface area (TPSA) is 46.1 Å². The molecule has 0 aliphatic rings. The average molecular weight is 348 g/mol. The summed E-state index contributed by atoms with van der Waals surface area (Å²) in [4.78, 5) is 6.84. The van der Waals surface area contributed by atoms with Crippen molar-refractivity contribution in [3.05, 3.63) is 42.5 Å². The van der Waals surface area contributed by atoms with Crippen LogP contribution in [-0.2, 0) is 11.3 Å². The Balaban J connectivity index is 2.26. The Morgan fingerprint density at radius 2 is 2.04 bits per heavy atom. The first-order valence-corrected chi connectivity index (χ1v) is 9.02. The van der Waals surface area contributed by atoms with Crippen molar-refractivity contribution in [2.24, 2.45) is 4.99 Å². The highest BCUT2D eigenvalue weighted by Gasteiger charge is 2.04. The van der Waals surface area contributed by atoms with Gasteiger partial charge in [0.25, 0.3) is 0 Å². The van der Waals surface area contributed by atoms with Crippen LogP contribution in [-0.4, -0.2) is 51.3 Å². The molecule has 0 bridgehead atoms. The van der Waals surface area contributed by atoms with Crippen molar-refractivity contribution >= 4 is 5.96 Å². The second-order valence-electron chi connectivity index (χ2n) is 5.84. The summed E-state index contributed by atoms with van der Waals surface area (Å²) in [6, 6.07) is 7.96. The van der Waals surface area contributed by atoms with Crippen molar-refractivity contribution in [1.82, 2.24) is 10.2 Å². The van der Waals surface area contributed by atoms with Crippen LogP contribution in [0.15, 0.2) is 41.9 Å². The summed E-state index contributed by atoms with van der Waals surface area (Å²) in [5.74, 6) is 1.83. The van der Waals surface area contributed by atoms with Crippen LogP contribution in [0.4, 0.5) is 0 Å². The molecule has 0 unspecified atom stereocenters. The van der Waals surface area contributed by atoms with E-state index < -0.39 is 0 Å². The summed E-state index contributed by atoms with van der Waals surface area (Å²) in [7, 11) is 3.75. The molecular weight excluding hydrogens is 314 g/mol. The standard InChI is InChI=1S/C20H33N3O2/c1-5-7-8-15-23(3)20(21-6-2)22-14-9-16-25-17-18-10-12-19(24-4)13-11-18/h5,10-13H,1,6-9,14-17H2,2-4H3,(H,21,22). The fourth-order valence-corrected chi connectivity index (χ4v) is 2.31. The molecule has 0 heterocycles. The van der Waals surface area contributed by atoms with Crippen LogP contribution >= 0.6 is 0 Å². The van der Waals surface area contributed by atoms with E-state index in [1.807, 2.05) is 30.3 Å². The molecule has 5 nitrogen and oxygen atoms in total. The zero-order valence-corrected chi connectivity index (χ0v) is 16.0. The van der Waals surface area contributed by atoms with Crippen molar-refractivity contribution in [1.29, 1.82) is 0 Å². The SMILES string of the molecule is C=CCCCN(C)C(=NCCCOCc1ccc(OC)cc1)NCC. The third kappa shape index (κ3) is 9.15. The van der Waals surface area contributed by atoms with Crippen molar-refractivity contribution in [2.75, 3.05) is 40.4 Å². The Hall–Kier alpha value is -2.01. The molecule has 5 heteroatoms. The lowest BCUT2D eigenvalue weighted by Crippen LogP contribution is -2.39. The Labute approximate surface area is 152 Å². The van der Waals surface area contributed by atoms with Gasteiger partial charge >= 0.3 is 0 Å². The number of rotatable bonds is 12. The molecule has 0 fully saturated rings. The van der Waals surface area contributed by atoms with E-state index in [0.29, 0.717) is 13.2 Å². The van der Waals surface area contributed by atoms with Crippen molar-refractivity contribution in [3.63, 3.8) is 0 Å². The minimum atomic E-state index is 0.620. The average Bonchev–Trinajstić information content (AvgIpc) is 2.64. The van der Waals surface area contributed by atoms with Crippen LogP contribution < -0.4 is 10.1 Å². The molecule has 0 saturated carbocycles. The van der Waals surface area contributed by atoms with E-state index in [-0.39, 0.29) is 0 Å². The minimum absolute atomic E-state index is 0.620. The largest absolute Gasteiger partial charge is 0.497 e. The predicted octanol–water partition coefficient (Wildman–Crippen LogP) is 3.47. The molecule has 1 aromatic rings. The van der Waals surface area contributed by atoms with Crippen LogP contribution in [0.2, 0.25) is 0 Å². The molecule has 0 amide bonds. The molecule has 1 rings (SSSR count). The number of guanidine groups is 1. The van der Waals surface area contributed by atoms with Crippen LogP contribution in [0.1, 0.15) is 31.7 Å². The van der Waals surface area contributed by atoms with Crippen molar-refractivity contribution in [3.8, 4) is 5.75 Å². The smallest absolute Gasteiger partial charge is 0.193 e. The number of hydrogen-bond donors (Lipinski definition) is 1. The number of nitrogens with zero attached hydrogens (tertiary/aromatic N) is 2. The second kappa shape index (κ2) is 13.3. The number of hydrogen-bond acceptors (Lipinski definition) is 3. The molecule has 0 saturated heterocycles. The van der Waals surface area contributed by atoms with E-state index in [1.54, 1.807) is 7.11 Å². The van der Waals surface area contributed by atoms with E-state index >= 15 is 0 Å².